The van der Waals surface area contributed by atoms with E-state index in [1.165, 1.54) is 13.7 Å². The first kappa shape index (κ1) is 57.1. The van der Waals surface area contributed by atoms with Crippen LogP contribution < -0.4 is 37.5 Å². The molecule has 0 spiro atoms. The molecule has 10 aromatic rings. The predicted octanol–water partition coefficient (Wildman–Crippen LogP) is 9.89. The van der Waals surface area contributed by atoms with Gasteiger partial charge < -0.3 is 32.0 Å². The molecule has 0 aliphatic carbocycles. The molecular formula is C61H60BBrN6O12. The van der Waals surface area contributed by atoms with Crippen LogP contribution in [0.5, 0.6) is 11.8 Å². The number of fused-ring (bicyclic) bond motifs is 3. The summed E-state index contributed by atoms with van der Waals surface area (Å²) >= 11 is 3.32. The molecule has 2 aliphatic rings. The molecular weight excluding hydrogens is 1100 g/mol. The Bertz CT molecular complexity index is 4090. The molecule has 0 saturated carbocycles. The monoisotopic (exact) mass is 1160 g/mol. The smallest absolute Gasteiger partial charge is 0.473 e. The average molecular weight is 1160 g/mol. The summed E-state index contributed by atoms with van der Waals surface area (Å²) in [6.07, 6.45) is 0.820. The molecule has 1 atom stereocenters. The largest absolute Gasteiger partial charge is 0.500 e. The zero-order chi connectivity index (χ0) is 57.8. The van der Waals surface area contributed by atoms with E-state index in [2.05, 4.69) is 31.2 Å². The van der Waals surface area contributed by atoms with Crippen molar-refractivity contribution >= 4 is 73.6 Å². The average Bonchev–Trinajstić information content (AvgIpc) is 4.18. The number of imide groups is 1. The van der Waals surface area contributed by atoms with Gasteiger partial charge in [-0.15, -0.1) is 0 Å². The highest BCUT2D eigenvalue weighted by atomic mass is 79.9. The molecule has 0 radical (unpaired) electrons. The highest BCUT2D eigenvalue weighted by Crippen LogP contribution is 2.37. The number of nitrogens with one attached hydrogen (secondary N) is 1. The summed E-state index contributed by atoms with van der Waals surface area (Å²) in [6, 6.07) is 44.2. The molecule has 20 heteroatoms. The Kier molecular flexibility index (Phi) is 16.9. The molecule has 1 N–H and O–H groups in total. The molecule has 5 aromatic carbocycles. The molecule has 2 amide bonds. The van der Waals surface area contributed by atoms with E-state index in [-0.39, 0.29) is 40.4 Å². The zero-order valence-electron chi connectivity index (χ0n) is 46.3. The molecule has 81 heavy (non-hydrogen) atoms. The van der Waals surface area contributed by atoms with E-state index in [0.29, 0.717) is 60.1 Å². The predicted molar refractivity (Wildman–Crippen MR) is 311 cm³/mol. The maximum atomic E-state index is 11.8. The number of ether oxygens (including phenoxy) is 2. The number of hydrogen-bond donors (Lipinski definition) is 1. The number of pyridine rings is 2. The van der Waals surface area contributed by atoms with Gasteiger partial charge in [0, 0.05) is 54.5 Å². The third kappa shape index (κ3) is 13.0. The molecule has 5 aromatic heterocycles. The van der Waals surface area contributed by atoms with Gasteiger partial charge in [0.05, 0.1) is 33.7 Å². The third-order valence-electron chi connectivity index (χ3n) is 14.3. The second kappa shape index (κ2) is 24.0. The quantitative estimate of drug-likeness (QED) is 0.105. The van der Waals surface area contributed by atoms with Gasteiger partial charge in [-0.1, -0.05) is 94.8 Å². The van der Waals surface area contributed by atoms with Gasteiger partial charge in [-0.25, -0.2) is 24.4 Å². The maximum Gasteiger partial charge on any atom is 0.500 e. The van der Waals surface area contributed by atoms with Gasteiger partial charge in [0.2, 0.25) is 23.6 Å². The number of benzene rings is 5. The van der Waals surface area contributed by atoms with E-state index in [0.717, 1.165) is 60.2 Å². The molecule has 2 saturated heterocycles. The number of aromatic nitrogens is 5. The Balaban J connectivity index is 0.000000134. The van der Waals surface area contributed by atoms with Crippen LogP contribution in [0.4, 0.5) is 0 Å². The van der Waals surface area contributed by atoms with Gasteiger partial charge in [-0.3, -0.25) is 28.6 Å². The number of carbonyl (C=O) groups excluding carboxylic acids is 2. The standard InChI is InChI=1S/C21H18N2O3.C19H24BNO3.C13H12N2O4.C8H6BrNO2/c1-14-8-10-17(20(22-14)25-13-15-6-4-3-5-7-15)16-9-11-19-18(12-16)23(2)21(24)26-19;1-14-11-12-16(20-23-18(2,3)19(4,5)24-20)17(21-14)22-13-15-9-7-6-8-10-15;1-15-9-6-7(2-4-10(9)19-13(15)18)8-3-5-11(16)14-12(8)17;1-10-6-4-5(9)2-3-7(6)12-8(10)11/h3-12H,13H2,1-2H3;6-12H,13H2,1-5H3;2,4,6,8H,3,5H2,1H3,(H,14,16,17);2-4H,1H3. The first-order chi connectivity index (χ1) is 38.6. The molecule has 12 rings (SSSR count). The van der Waals surface area contributed by atoms with Crippen molar-refractivity contribution in [3.63, 3.8) is 0 Å². The zero-order valence-corrected chi connectivity index (χ0v) is 47.9. The summed E-state index contributed by atoms with van der Waals surface area (Å²) in [5.74, 6) is -0.883. The fourth-order valence-electron chi connectivity index (χ4n) is 8.89. The summed E-state index contributed by atoms with van der Waals surface area (Å²) in [5.41, 5.74) is 10.4. The van der Waals surface area contributed by atoms with Crippen molar-refractivity contribution in [1.29, 1.82) is 0 Å². The summed E-state index contributed by atoms with van der Waals surface area (Å²) < 4.78 is 44.7. The lowest BCUT2D eigenvalue weighted by Gasteiger charge is -2.32. The number of rotatable bonds is 9. The lowest BCUT2D eigenvalue weighted by molar-refractivity contribution is -0.134. The topological polar surface area (TPSA) is 214 Å². The van der Waals surface area contributed by atoms with Crippen LogP contribution in [0.15, 0.2) is 172 Å². The minimum Gasteiger partial charge on any atom is -0.473 e. The normalized spacial score (nSPS) is 15.3. The highest BCUT2D eigenvalue weighted by molar-refractivity contribution is 9.10. The van der Waals surface area contributed by atoms with Crippen molar-refractivity contribution in [1.82, 2.24) is 29.0 Å². The molecule has 18 nitrogen and oxygen atoms in total. The third-order valence-corrected chi connectivity index (χ3v) is 14.8. The molecule has 0 bridgehead atoms. The molecule has 2 fully saturated rings. The number of carbonyl (C=O) groups is 2. The number of hydrogen-bond acceptors (Lipinski definition) is 14. The second-order valence-corrected chi connectivity index (χ2v) is 21.5. The van der Waals surface area contributed by atoms with Crippen molar-refractivity contribution in [2.24, 2.45) is 21.1 Å². The second-order valence-electron chi connectivity index (χ2n) is 20.6. The SMILES string of the molecule is Cc1ccc(-c2ccc3oc(=O)n(C)c3c2)c(OCc2ccccc2)n1.Cc1ccc(B2OC(C)(C)C(C)(C)O2)c(OCc2ccccc2)n1.Cn1c(=O)oc2ccc(Br)cc21.Cn1c(=O)oc2ccc(C3CCC(=O)NC3=O)cc21. The number of aryl methyl sites for hydroxylation is 5. The van der Waals surface area contributed by atoms with E-state index in [1.54, 1.807) is 51.5 Å². The fraction of sp³-hybridized carbons (Fsp3) is 0.262. The summed E-state index contributed by atoms with van der Waals surface area (Å²) in [7, 11) is 4.51. The van der Waals surface area contributed by atoms with Crippen LogP contribution in [0.1, 0.15) is 74.5 Å². The van der Waals surface area contributed by atoms with E-state index >= 15 is 0 Å². The summed E-state index contributed by atoms with van der Waals surface area (Å²) in [4.78, 5) is 66.2. The van der Waals surface area contributed by atoms with Crippen LogP contribution in [0.3, 0.4) is 0 Å². The highest BCUT2D eigenvalue weighted by Gasteiger charge is 2.52. The molecule has 416 valence electrons. The lowest BCUT2D eigenvalue weighted by Crippen LogP contribution is -2.41. The van der Waals surface area contributed by atoms with Crippen LogP contribution in [0, 0.1) is 13.8 Å². The molecule has 7 heterocycles. The first-order valence-corrected chi connectivity index (χ1v) is 26.9. The van der Waals surface area contributed by atoms with Gasteiger partial charge in [-0.05, 0) is 131 Å². The van der Waals surface area contributed by atoms with Gasteiger partial charge in [0.1, 0.15) is 13.2 Å². The van der Waals surface area contributed by atoms with Crippen molar-refractivity contribution in [3.05, 3.63) is 204 Å². The van der Waals surface area contributed by atoms with Crippen LogP contribution in [-0.4, -0.2) is 53.8 Å². The Hall–Kier alpha value is -8.59. The number of oxazole rings is 3. The van der Waals surface area contributed by atoms with Crippen LogP contribution >= 0.6 is 15.9 Å². The van der Waals surface area contributed by atoms with Gasteiger partial charge in [0.25, 0.3) is 0 Å². The van der Waals surface area contributed by atoms with E-state index in [9.17, 15) is 24.0 Å². The minimum absolute atomic E-state index is 0.238. The van der Waals surface area contributed by atoms with Crippen molar-refractivity contribution in [3.8, 4) is 22.9 Å². The van der Waals surface area contributed by atoms with Crippen molar-refractivity contribution < 1.29 is 41.6 Å². The van der Waals surface area contributed by atoms with E-state index in [1.807, 2.05) is 151 Å². The Morgan fingerprint density at radius 2 is 1.07 bits per heavy atom. The van der Waals surface area contributed by atoms with Crippen LogP contribution in [0.25, 0.3) is 44.4 Å². The number of amides is 2. The Morgan fingerprint density at radius 3 is 1.63 bits per heavy atom. The number of piperidine rings is 1. The first-order valence-electron chi connectivity index (χ1n) is 26.1. The van der Waals surface area contributed by atoms with Crippen molar-refractivity contribution in [2.75, 3.05) is 0 Å². The number of halogens is 1. The van der Waals surface area contributed by atoms with Crippen LogP contribution in [-0.2, 0) is 53.3 Å². The number of nitrogens with zero attached hydrogens (tertiary/aromatic N) is 5. The van der Waals surface area contributed by atoms with Crippen LogP contribution in [0.2, 0.25) is 0 Å². The Morgan fingerprint density at radius 1 is 0.593 bits per heavy atom. The van der Waals surface area contributed by atoms with E-state index < -0.39 is 12.9 Å². The summed E-state index contributed by atoms with van der Waals surface area (Å²) in [5, 5.41) is 2.33. The Labute approximate surface area is 474 Å². The van der Waals surface area contributed by atoms with Crippen molar-refractivity contribution in [2.45, 2.75) is 84.7 Å². The molecule has 1 unspecified atom stereocenters. The lowest BCUT2D eigenvalue weighted by atomic mass is 9.79. The fourth-order valence-corrected chi connectivity index (χ4v) is 9.24. The van der Waals surface area contributed by atoms with Gasteiger partial charge >= 0.3 is 24.4 Å². The summed E-state index contributed by atoms with van der Waals surface area (Å²) in [6.45, 7) is 12.9. The maximum absolute atomic E-state index is 11.8. The van der Waals surface area contributed by atoms with Gasteiger partial charge in [-0.2, -0.15) is 0 Å². The van der Waals surface area contributed by atoms with Gasteiger partial charge in [0.15, 0.2) is 16.7 Å². The van der Waals surface area contributed by atoms with E-state index in [4.69, 9.17) is 32.0 Å². The molecule has 2 aliphatic heterocycles. The minimum atomic E-state index is -0.478.